The number of hydrazone groups is 1. The first kappa shape index (κ1) is 5.30. The summed E-state index contributed by atoms with van der Waals surface area (Å²) in [5, 5.41) is 3.48. The molecule has 0 fully saturated rings. The summed E-state index contributed by atoms with van der Waals surface area (Å²) in [6.07, 6.45) is 1.29. The summed E-state index contributed by atoms with van der Waals surface area (Å²) in [6, 6.07) is 0. The van der Waals surface area contributed by atoms with Crippen molar-refractivity contribution in [2.45, 2.75) is 0 Å². The molecule has 0 bridgehead atoms. The predicted molar refractivity (Wildman–Crippen MR) is 30.4 cm³/mol. The third-order valence-electron chi connectivity index (χ3n) is 0.767. The van der Waals surface area contributed by atoms with Crippen LogP contribution in [-0.4, -0.2) is 26.0 Å². The maximum atomic E-state index is 10.0. The molecule has 1 heterocycles. The second-order valence-corrected chi connectivity index (χ2v) is 2.29. The second-order valence-electron chi connectivity index (χ2n) is 1.29. The minimum absolute atomic E-state index is 0.310. The van der Waals surface area contributed by atoms with E-state index in [2.05, 4.69) is 10.5 Å². The predicted octanol–water partition coefficient (Wildman–Crippen LogP) is -1.37. The molecule has 1 aliphatic heterocycles. The van der Waals surface area contributed by atoms with Crippen LogP contribution in [0.3, 0.4) is 0 Å². The molecule has 1 N–H and O–H groups in total. The molecule has 1 rings (SSSR count). The topological polar surface area (TPSA) is 58.5 Å². The molecular formula is C3H4N2O2S. The normalized spacial score (nSPS) is 16.2. The largest absolute Gasteiger partial charge is 0.305 e. The van der Waals surface area contributed by atoms with E-state index in [1.54, 1.807) is 0 Å². The Morgan fingerprint density at radius 2 is 2.50 bits per heavy atom. The monoisotopic (exact) mass is 132 g/mol. The van der Waals surface area contributed by atoms with Crippen LogP contribution in [0.4, 0.5) is 0 Å². The Labute approximate surface area is 47.7 Å². The highest BCUT2D eigenvalue weighted by Crippen LogP contribution is 1.74. The van der Waals surface area contributed by atoms with Crippen LogP contribution in [0.25, 0.3) is 0 Å². The zero-order valence-electron chi connectivity index (χ0n) is 3.96. The summed E-state index contributed by atoms with van der Waals surface area (Å²) in [5.41, 5.74) is 2.49. The highest BCUT2D eigenvalue weighted by Gasteiger charge is 2.00. The van der Waals surface area contributed by atoms with Crippen LogP contribution in [0.5, 0.6) is 0 Å². The van der Waals surface area contributed by atoms with E-state index in [9.17, 15) is 8.42 Å². The Morgan fingerprint density at radius 1 is 1.75 bits per heavy atom. The maximum absolute atomic E-state index is 10.0. The Kier molecular flexibility index (Phi) is 1.29. The molecule has 1 aliphatic rings. The standard InChI is InChI=1S/C3H4N2O2S/c6-8(7)3-1-4-5-2-3/h1,5H,2H2. The van der Waals surface area contributed by atoms with Gasteiger partial charge >= 0.3 is 0 Å². The van der Waals surface area contributed by atoms with Crippen LogP contribution >= 0.6 is 0 Å². The van der Waals surface area contributed by atoms with Gasteiger partial charge in [0.2, 0.25) is 10.3 Å². The summed E-state index contributed by atoms with van der Waals surface area (Å²) in [6.45, 7) is 0.329. The quantitative estimate of drug-likeness (QED) is 0.413. The molecule has 0 saturated heterocycles. The molecule has 0 aromatic heterocycles. The van der Waals surface area contributed by atoms with Gasteiger partial charge in [-0.15, -0.1) is 0 Å². The fourth-order valence-electron chi connectivity index (χ4n) is 0.389. The van der Waals surface area contributed by atoms with E-state index in [0.29, 0.717) is 11.4 Å². The van der Waals surface area contributed by atoms with Crippen LogP contribution in [0.2, 0.25) is 0 Å². The van der Waals surface area contributed by atoms with Crippen LogP contribution in [0.15, 0.2) is 5.10 Å². The van der Waals surface area contributed by atoms with Gasteiger partial charge in [-0.1, -0.05) is 0 Å². The van der Waals surface area contributed by atoms with Crippen molar-refractivity contribution in [2.75, 3.05) is 6.54 Å². The molecule has 4 nitrogen and oxygen atoms in total. The van der Waals surface area contributed by atoms with Gasteiger partial charge in [-0.3, -0.25) is 0 Å². The number of hydrogen-bond donors (Lipinski definition) is 1. The van der Waals surface area contributed by atoms with Gasteiger partial charge in [0.25, 0.3) is 0 Å². The molecule has 0 aliphatic carbocycles. The lowest BCUT2D eigenvalue weighted by Crippen LogP contribution is -2.09. The summed E-state index contributed by atoms with van der Waals surface area (Å²) in [7, 11) is -2.09. The van der Waals surface area contributed by atoms with E-state index < -0.39 is 10.3 Å². The third kappa shape index (κ3) is 0.865. The second kappa shape index (κ2) is 1.95. The molecule has 5 heteroatoms. The summed E-state index contributed by atoms with van der Waals surface area (Å²) in [5.74, 6) is 0. The van der Waals surface area contributed by atoms with Gasteiger partial charge in [-0.25, -0.2) is 0 Å². The number of rotatable bonds is 0. The molecule has 0 spiro atoms. The first-order valence-electron chi connectivity index (χ1n) is 2.02. The van der Waals surface area contributed by atoms with E-state index in [1.165, 1.54) is 6.21 Å². The van der Waals surface area contributed by atoms with Gasteiger partial charge in [-0.2, -0.15) is 13.5 Å². The Morgan fingerprint density at radius 3 is 2.75 bits per heavy atom. The van der Waals surface area contributed by atoms with Gasteiger partial charge in [-0.05, 0) is 0 Å². The maximum Gasteiger partial charge on any atom is 0.220 e. The van der Waals surface area contributed by atoms with E-state index in [4.69, 9.17) is 0 Å². The average molecular weight is 132 g/mol. The third-order valence-corrected chi connectivity index (χ3v) is 1.45. The Hall–Kier alpha value is -0.840. The van der Waals surface area contributed by atoms with Gasteiger partial charge < -0.3 is 5.43 Å². The highest BCUT2D eigenvalue weighted by atomic mass is 32.2. The van der Waals surface area contributed by atoms with Crippen molar-refractivity contribution < 1.29 is 8.42 Å². The fraction of sp³-hybridized carbons (Fsp3) is 0.333. The fourth-order valence-corrected chi connectivity index (χ4v) is 0.710. The number of nitrogens with zero attached hydrogens (tertiary/aromatic N) is 1. The van der Waals surface area contributed by atoms with E-state index >= 15 is 0 Å². The number of hydrogen-bond acceptors (Lipinski definition) is 4. The summed E-state index contributed by atoms with van der Waals surface area (Å²) < 4.78 is 20.1. The molecule has 0 unspecified atom stereocenters. The first-order valence-corrected chi connectivity index (χ1v) is 3.09. The number of nitrogens with one attached hydrogen (secondary N) is 1. The van der Waals surface area contributed by atoms with Crippen molar-refractivity contribution >= 4 is 21.4 Å². The zero-order valence-corrected chi connectivity index (χ0v) is 4.77. The Bertz CT molecular complexity index is 230. The average Bonchev–Trinajstić information content (AvgIpc) is 2.12. The van der Waals surface area contributed by atoms with Gasteiger partial charge in [0, 0.05) is 0 Å². The van der Waals surface area contributed by atoms with Crippen LogP contribution in [0.1, 0.15) is 0 Å². The minimum atomic E-state index is -2.09. The van der Waals surface area contributed by atoms with Crippen molar-refractivity contribution in [3.05, 3.63) is 0 Å². The van der Waals surface area contributed by atoms with E-state index in [1.807, 2.05) is 0 Å². The molecule has 0 aromatic rings. The molecule has 44 valence electrons. The highest BCUT2D eigenvalue weighted by molar-refractivity contribution is 7.74. The minimum Gasteiger partial charge on any atom is -0.305 e. The molecule has 0 saturated carbocycles. The molecule has 0 amide bonds. The molecule has 0 radical (unpaired) electrons. The van der Waals surface area contributed by atoms with Gasteiger partial charge in [0.05, 0.1) is 12.8 Å². The first-order chi connectivity index (χ1) is 3.80. The summed E-state index contributed by atoms with van der Waals surface area (Å²) in [4.78, 5) is 0.310. The zero-order chi connectivity index (χ0) is 5.98. The van der Waals surface area contributed by atoms with Crippen LogP contribution in [0, 0.1) is 0 Å². The van der Waals surface area contributed by atoms with Crippen molar-refractivity contribution in [1.82, 2.24) is 5.43 Å². The van der Waals surface area contributed by atoms with E-state index in [0.717, 1.165) is 0 Å². The van der Waals surface area contributed by atoms with Crippen molar-refractivity contribution in [2.24, 2.45) is 5.10 Å². The van der Waals surface area contributed by atoms with Crippen molar-refractivity contribution in [3.8, 4) is 0 Å². The lowest BCUT2D eigenvalue weighted by Gasteiger charge is -1.78. The molecular weight excluding hydrogens is 128 g/mol. The van der Waals surface area contributed by atoms with Crippen LogP contribution in [-0.2, 0) is 10.3 Å². The lowest BCUT2D eigenvalue weighted by molar-refractivity contribution is 0.627. The van der Waals surface area contributed by atoms with Gasteiger partial charge in [0.15, 0.2) is 0 Å². The lowest BCUT2D eigenvalue weighted by atomic mass is 10.5. The van der Waals surface area contributed by atoms with Crippen LogP contribution < -0.4 is 5.43 Å². The molecule has 0 atom stereocenters. The molecule has 0 aromatic carbocycles. The Balaban J connectivity index is 3.07. The SMILES string of the molecule is O=S(=O)=C1C=NNC1. The summed E-state index contributed by atoms with van der Waals surface area (Å²) >= 11 is 0. The smallest absolute Gasteiger partial charge is 0.220 e. The van der Waals surface area contributed by atoms with Crippen molar-refractivity contribution in [1.29, 1.82) is 0 Å². The van der Waals surface area contributed by atoms with Crippen molar-refractivity contribution in [3.63, 3.8) is 0 Å². The van der Waals surface area contributed by atoms with E-state index in [-0.39, 0.29) is 0 Å². The molecule has 8 heavy (non-hydrogen) atoms. The van der Waals surface area contributed by atoms with Gasteiger partial charge in [0.1, 0.15) is 4.86 Å².